The maximum Gasteiger partial charge on any atom is 0.234 e. The molecule has 1 atom stereocenters. The molecular weight excluding hydrogens is 257 g/mol. The van der Waals surface area contributed by atoms with Crippen molar-refractivity contribution in [2.24, 2.45) is 0 Å². The minimum atomic E-state index is -0.251. The van der Waals surface area contributed by atoms with Crippen LogP contribution >= 0.6 is 0 Å². The fourth-order valence-electron chi connectivity index (χ4n) is 2.56. The van der Waals surface area contributed by atoms with Gasteiger partial charge in [-0.1, -0.05) is 17.3 Å². The number of hydrogen-bond donors (Lipinski definition) is 1. The molecule has 1 unspecified atom stereocenters. The molecule has 106 valence electrons. The smallest absolute Gasteiger partial charge is 0.234 e. The second-order valence-corrected chi connectivity index (χ2v) is 5.73. The molecule has 0 aliphatic carbocycles. The summed E-state index contributed by atoms with van der Waals surface area (Å²) in [5, 5.41) is 7.35. The molecule has 1 aliphatic heterocycles. The van der Waals surface area contributed by atoms with Crippen molar-refractivity contribution >= 4 is 0 Å². The van der Waals surface area contributed by atoms with Gasteiger partial charge in [0.2, 0.25) is 11.7 Å². The highest BCUT2D eigenvalue weighted by Gasteiger charge is 2.34. The number of aromatic nitrogens is 2. The Balaban J connectivity index is 1.91. The van der Waals surface area contributed by atoms with Crippen molar-refractivity contribution in [3.8, 4) is 11.4 Å². The lowest BCUT2D eigenvalue weighted by Crippen LogP contribution is -2.41. The topological polar surface area (TPSA) is 51.0 Å². The van der Waals surface area contributed by atoms with Crippen LogP contribution in [0.15, 0.2) is 22.7 Å². The van der Waals surface area contributed by atoms with Gasteiger partial charge in [-0.15, -0.1) is 0 Å². The van der Waals surface area contributed by atoms with Crippen LogP contribution in [0, 0.1) is 12.7 Å². The van der Waals surface area contributed by atoms with E-state index in [1.165, 1.54) is 6.07 Å². The number of nitrogens with zero attached hydrogens (tertiary/aromatic N) is 2. The van der Waals surface area contributed by atoms with Crippen molar-refractivity contribution in [1.82, 2.24) is 15.5 Å². The first-order valence-electron chi connectivity index (χ1n) is 6.90. The molecule has 3 rings (SSSR count). The number of halogens is 1. The number of aryl methyl sites for hydroxylation is 1. The number of hydrogen-bond acceptors (Lipinski definition) is 4. The zero-order valence-electron chi connectivity index (χ0n) is 11.7. The normalized spacial score (nSPS) is 22.9. The van der Waals surface area contributed by atoms with Crippen molar-refractivity contribution in [2.45, 2.75) is 32.1 Å². The van der Waals surface area contributed by atoms with E-state index in [0.717, 1.165) is 25.9 Å². The molecule has 1 aromatic carbocycles. The minimum absolute atomic E-state index is 0.132. The van der Waals surface area contributed by atoms with Gasteiger partial charge < -0.3 is 9.84 Å². The summed E-state index contributed by atoms with van der Waals surface area (Å²) in [5.41, 5.74) is 1.13. The molecule has 0 amide bonds. The van der Waals surface area contributed by atoms with Crippen LogP contribution in [0.5, 0.6) is 0 Å². The lowest BCUT2D eigenvalue weighted by atomic mass is 9.83. The third-order valence-corrected chi connectivity index (χ3v) is 3.97. The summed E-state index contributed by atoms with van der Waals surface area (Å²) in [6.07, 6.45) is 2.11. The van der Waals surface area contributed by atoms with E-state index in [1.807, 2.05) is 6.07 Å². The van der Waals surface area contributed by atoms with Gasteiger partial charge in [-0.2, -0.15) is 4.98 Å². The SMILES string of the molecule is Cc1ccc(-c2noc(C3(C)CCCNC3)n2)cc1F. The second kappa shape index (κ2) is 4.98. The summed E-state index contributed by atoms with van der Waals surface area (Å²) < 4.78 is 19.0. The van der Waals surface area contributed by atoms with Crippen molar-refractivity contribution in [3.63, 3.8) is 0 Å². The van der Waals surface area contributed by atoms with Crippen molar-refractivity contribution < 1.29 is 8.91 Å². The molecule has 5 heteroatoms. The Morgan fingerprint density at radius 2 is 2.25 bits per heavy atom. The van der Waals surface area contributed by atoms with Gasteiger partial charge in [0.1, 0.15) is 5.82 Å². The molecule has 2 heterocycles. The first-order valence-corrected chi connectivity index (χ1v) is 6.90. The molecule has 0 spiro atoms. The molecule has 4 nitrogen and oxygen atoms in total. The highest BCUT2D eigenvalue weighted by molar-refractivity contribution is 5.55. The van der Waals surface area contributed by atoms with Gasteiger partial charge in [0.15, 0.2) is 0 Å². The van der Waals surface area contributed by atoms with Crippen LogP contribution in [0.25, 0.3) is 11.4 Å². The predicted octanol–water partition coefficient (Wildman–Crippen LogP) is 2.83. The highest BCUT2D eigenvalue weighted by atomic mass is 19.1. The highest BCUT2D eigenvalue weighted by Crippen LogP contribution is 2.31. The van der Waals surface area contributed by atoms with Gasteiger partial charge in [-0.05, 0) is 44.9 Å². The molecule has 1 aliphatic rings. The Labute approximate surface area is 117 Å². The zero-order valence-corrected chi connectivity index (χ0v) is 11.7. The quantitative estimate of drug-likeness (QED) is 0.915. The van der Waals surface area contributed by atoms with Crippen LogP contribution in [0.2, 0.25) is 0 Å². The maximum atomic E-state index is 13.6. The summed E-state index contributed by atoms with van der Waals surface area (Å²) in [6, 6.07) is 4.99. The molecule has 1 saturated heterocycles. The van der Waals surface area contributed by atoms with Gasteiger partial charge in [0.25, 0.3) is 0 Å². The van der Waals surface area contributed by atoms with Crippen LogP contribution in [-0.2, 0) is 5.41 Å². The van der Waals surface area contributed by atoms with E-state index in [2.05, 4.69) is 22.4 Å². The van der Waals surface area contributed by atoms with Gasteiger partial charge in [0.05, 0.1) is 5.41 Å². The Morgan fingerprint density at radius 1 is 1.40 bits per heavy atom. The van der Waals surface area contributed by atoms with Crippen molar-refractivity contribution in [3.05, 3.63) is 35.5 Å². The third kappa shape index (κ3) is 2.33. The number of rotatable bonds is 2. The van der Waals surface area contributed by atoms with E-state index >= 15 is 0 Å². The molecule has 0 bridgehead atoms. The largest absolute Gasteiger partial charge is 0.338 e. The van der Waals surface area contributed by atoms with E-state index in [9.17, 15) is 4.39 Å². The molecule has 0 saturated carbocycles. The van der Waals surface area contributed by atoms with Crippen molar-refractivity contribution in [2.75, 3.05) is 13.1 Å². The van der Waals surface area contributed by atoms with Crippen LogP contribution in [-0.4, -0.2) is 23.2 Å². The zero-order chi connectivity index (χ0) is 14.2. The summed E-state index contributed by atoms with van der Waals surface area (Å²) in [7, 11) is 0. The minimum Gasteiger partial charge on any atom is -0.338 e. The average molecular weight is 275 g/mol. The molecule has 0 radical (unpaired) electrons. The monoisotopic (exact) mass is 275 g/mol. The summed E-state index contributed by atoms with van der Waals surface area (Å²) in [5.74, 6) is 0.825. The molecule has 1 fully saturated rings. The average Bonchev–Trinajstić information content (AvgIpc) is 2.93. The fourth-order valence-corrected chi connectivity index (χ4v) is 2.56. The van der Waals surface area contributed by atoms with E-state index in [-0.39, 0.29) is 11.2 Å². The summed E-state index contributed by atoms with van der Waals surface area (Å²) in [4.78, 5) is 4.46. The maximum absolute atomic E-state index is 13.6. The van der Waals surface area contributed by atoms with Crippen molar-refractivity contribution in [1.29, 1.82) is 0 Å². The van der Waals surface area contributed by atoms with E-state index in [0.29, 0.717) is 22.8 Å². The van der Waals surface area contributed by atoms with E-state index < -0.39 is 0 Å². The number of piperidine rings is 1. The van der Waals surface area contributed by atoms with Crippen LogP contribution in [0.1, 0.15) is 31.2 Å². The number of benzene rings is 1. The van der Waals surface area contributed by atoms with Gasteiger partial charge in [-0.3, -0.25) is 0 Å². The van der Waals surface area contributed by atoms with E-state index in [1.54, 1.807) is 13.0 Å². The molecule has 2 aromatic rings. The predicted molar refractivity (Wildman–Crippen MR) is 73.9 cm³/mol. The lowest BCUT2D eigenvalue weighted by molar-refractivity contribution is 0.245. The Bertz CT molecular complexity index is 617. The van der Waals surface area contributed by atoms with E-state index in [4.69, 9.17) is 4.52 Å². The fraction of sp³-hybridized carbons (Fsp3) is 0.467. The molecule has 20 heavy (non-hydrogen) atoms. The standard InChI is InChI=1S/C15H18FN3O/c1-10-4-5-11(8-12(10)16)13-18-14(20-19-13)15(2)6-3-7-17-9-15/h4-5,8,17H,3,6-7,9H2,1-2H3. The Hall–Kier alpha value is -1.75. The summed E-state index contributed by atoms with van der Waals surface area (Å²) in [6.45, 7) is 5.71. The first-order chi connectivity index (χ1) is 9.58. The Kier molecular flexibility index (Phi) is 3.30. The van der Waals surface area contributed by atoms with Gasteiger partial charge >= 0.3 is 0 Å². The molecule has 1 N–H and O–H groups in total. The van der Waals surface area contributed by atoms with Crippen LogP contribution < -0.4 is 5.32 Å². The van der Waals surface area contributed by atoms with Gasteiger partial charge in [-0.25, -0.2) is 4.39 Å². The van der Waals surface area contributed by atoms with Crippen LogP contribution in [0.3, 0.4) is 0 Å². The summed E-state index contributed by atoms with van der Waals surface area (Å²) >= 11 is 0. The lowest BCUT2D eigenvalue weighted by Gasteiger charge is -2.30. The Morgan fingerprint density at radius 3 is 2.95 bits per heavy atom. The first kappa shape index (κ1) is 13.2. The van der Waals surface area contributed by atoms with Gasteiger partial charge in [0, 0.05) is 12.1 Å². The third-order valence-electron chi connectivity index (χ3n) is 3.97. The number of nitrogens with one attached hydrogen (secondary N) is 1. The van der Waals surface area contributed by atoms with Crippen LogP contribution in [0.4, 0.5) is 4.39 Å². The molecule has 1 aromatic heterocycles. The molecular formula is C15H18FN3O. The second-order valence-electron chi connectivity index (χ2n) is 5.73.